The van der Waals surface area contributed by atoms with Crippen molar-refractivity contribution in [2.75, 3.05) is 27.4 Å². The van der Waals surface area contributed by atoms with Crippen molar-refractivity contribution in [1.82, 2.24) is 0 Å². The Bertz CT molecular complexity index is 603. The molecule has 0 aliphatic heterocycles. The molecule has 6 heteroatoms. The molecule has 0 heterocycles. The summed E-state index contributed by atoms with van der Waals surface area (Å²) in [7, 11) is 3.08. The zero-order chi connectivity index (χ0) is 17.2. The molecule has 0 unspecified atom stereocenters. The third-order valence-electron chi connectivity index (χ3n) is 2.73. The zero-order valence-corrected chi connectivity index (χ0v) is 13.5. The van der Waals surface area contributed by atoms with Gasteiger partial charge in [0.05, 0.1) is 14.2 Å². The molecule has 0 aromatic heterocycles. The molecule has 0 saturated heterocycles. The van der Waals surface area contributed by atoms with Gasteiger partial charge in [0.1, 0.15) is 13.2 Å². The van der Waals surface area contributed by atoms with Crippen molar-refractivity contribution < 1.29 is 28.5 Å². The van der Waals surface area contributed by atoms with Gasteiger partial charge in [-0.05, 0) is 30.7 Å². The first-order chi connectivity index (χ1) is 11.0. The molecule has 0 amide bonds. The smallest absolute Gasteiger partial charge is 0.333 e. The minimum absolute atomic E-state index is 0.0123. The fourth-order valence-corrected chi connectivity index (χ4v) is 1.57. The van der Waals surface area contributed by atoms with Gasteiger partial charge in [-0.2, -0.15) is 0 Å². The first-order valence-electron chi connectivity index (χ1n) is 6.87. The van der Waals surface area contributed by atoms with Crippen molar-refractivity contribution in [3.63, 3.8) is 0 Å². The van der Waals surface area contributed by atoms with E-state index in [2.05, 4.69) is 6.58 Å². The molecule has 0 N–H and O–H groups in total. The first kappa shape index (κ1) is 18.3. The molecule has 0 aliphatic rings. The van der Waals surface area contributed by atoms with Crippen LogP contribution >= 0.6 is 0 Å². The molecule has 0 spiro atoms. The molecule has 0 fully saturated rings. The number of benzene rings is 1. The van der Waals surface area contributed by atoms with Gasteiger partial charge in [0.2, 0.25) is 0 Å². The second-order valence-electron chi connectivity index (χ2n) is 4.53. The number of hydrogen-bond donors (Lipinski definition) is 0. The highest BCUT2D eigenvalue weighted by Gasteiger charge is 2.05. The van der Waals surface area contributed by atoms with E-state index in [0.717, 1.165) is 5.56 Å². The van der Waals surface area contributed by atoms with Crippen LogP contribution in [0.2, 0.25) is 0 Å². The van der Waals surface area contributed by atoms with Gasteiger partial charge in [-0.3, -0.25) is 0 Å². The maximum Gasteiger partial charge on any atom is 0.333 e. The Morgan fingerprint density at radius 1 is 1.09 bits per heavy atom. The summed E-state index contributed by atoms with van der Waals surface area (Å²) in [5.41, 5.74) is 1.05. The molecule has 0 bridgehead atoms. The van der Waals surface area contributed by atoms with Crippen molar-refractivity contribution in [3.05, 3.63) is 42.0 Å². The van der Waals surface area contributed by atoms with Gasteiger partial charge in [-0.15, -0.1) is 0 Å². The van der Waals surface area contributed by atoms with Crippen molar-refractivity contribution in [3.8, 4) is 11.5 Å². The minimum Gasteiger partial charge on any atom is -0.493 e. The lowest BCUT2D eigenvalue weighted by Gasteiger charge is -2.07. The van der Waals surface area contributed by atoms with E-state index in [1.54, 1.807) is 38.3 Å². The van der Waals surface area contributed by atoms with E-state index >= 15 is 0 Å². The van der Waals surface area contributed by atoms with Gasteiger partial charge >= 0.3 is 11.9 Å². The summed E-state index contributed by atoms with van der Waals surface area (Å²) in [4.78, 5) is 22.7. The molecule has 1 aromatic carbocycles. The van der Waals surface area contributed by atoms with Crippen molar-refractivity contribution in [1.29, 1.82) is 0 Å². The molecular formula is C17H20O6. The molecule has 124 valence electrons. The summed E-state index contributed by atoms with van der Waals surface area (Å²) in [6, 6.07) is 5.25. The first-order valence-corrected chi connectivity index (χ1v) is 6.87. The SMILES string of the molecule is C=C(C)C(=O)OCCOC(=O)/C=C/c1ccc(OC)c(OC)c1. The molecule has 0 atom stereocenters. The van der Waals surface area contributed by atoms with Gasteiger partial charge in [-0.1, -0.05) is 12.6 Å². The van der Waals surface area contributed by atoms with Gasteiger partial charge in [0.25, 0.3) is 0 Å². The maximum atomic E-state index is 11.5. The Labute approximate surface area is 135 Å². The molecule has 6 nitrogen and oxygen atoms in total. The lowest BCUT2D eigenvalue weighted by Crippen LogP contribution is -2.12. The molecule has 1 aromatic rings. The summed E-state index contributed by atoms with van der Waals surface area (Å²) in [5.74, 6) is 0.120. The predicted molar refractivity (Wildman–Crippen MR) is 85.3 cm³/mol. The Morgan fingerprint density at radius 3 is 2.35 bits per heavy atom. The number of carbonyl (C=O) groups excluding carboxylic acids is 2. The molecule has 0 radical (unpaired) electrons. The highest BCUT2D eigenvalue weighted by molar-refractivity contribution is 5.87. The second kappa shape index (κ2) is 9.30. The Morgan fingerprint density at radius 2 is 1.74 bits per heavy atom. The van der Waals surface area contributed by atoms with Crippen molar-refractivity contribution >= 4 is 18.0 Å². The summed E-state index contributed by atoms with van der Waals surface area (Å²) >= 11 is 0. The van der Waals surface area contributed by atoms with E-state index in [1.807, 2.05) is 0 Å². The fraction of sp³-hybridized carbons (Fsp3) is 0.294. The van der Waals surface area contributed by atoms with Crippen LogP contribution in [0.5, 0.6) is 11.5 Å². The zero-order valence-electron chi connectivity index (χ0n) is 13.5. The molecule has 1 rings (SSSR count). The van der Waals surface area contributed by atoms with E-state index in [9.17, 15) is 9.59 Å². The highest BCUT2D eigenvalue weighted by Crippen LogP contribution is 2.27. The van der Waals surface area contributed by atoms with Crippen LogP contribution < -0.4 is 9.47 Å². The van der Waals surface area contributed by atoms with E-state index < -0.39 is 11.9 Å². The van der Waals surface area contributed by atoms with Gasteiger partial charge in [0, 0.05) is 11.6 Å². The summed E-state index contributed by atoms with van der Waals surface area (Å²) in [6.45, 7) is 4.96. The minimum atomic E-state index is -0.536. The van der Waals surface area contributed by atoms with Crippen LogP contribution in [0.25, 0.3) is 6.08 Å². The maximum absolute atomic E-state index is 11.5. The van der Waals surface area contributed by atoms with Crippen LogP contribution in [0.3, 0.4) is 0 Å². The largest absolute Gasteiger partial charge is 0.493 e. The van der Waals surface area contributed by atoms with Crippen LogP contribution in [-0.4, -0.2) is 39.4 Å². The van der Waals surface area contributed by atoms with Crippen LogP contribution in [0.1, 0.15) is 12.5 Å². The van der Waals surface area contributed by atoms with E-state index in [-0.39, 0.29) is 13.2 Å². The molecule has 0 aliphatic carbocycles. The Hall–Kier alpha value is -2.76. The number of carbonyl (C=O) groups is 2. The average Bonchev–Trinajstić information content (AvgIpc) is 2.56. The van der Waals surface area contributed by atoms with Gasteiger partial charge < -0.3 is 18.9 Å². The van der Waals surface area contributed by atoms with E-state index in [0.29, 0.717) is 17.1 Å². The average molecular weight is 320 g/mol. The topological polar surface area (TPSA) is 71.1 Å². The van der Waals surface area contributed by atoms with E-state index in [4.69, 9.17) is 18.9 Å². The van der Waals surface area contributed by atoms with Gasteiger partial charge in [0.15, 0.2) is 11.5 Å². The highest BCUT2D eigenvalue weighted by atomic mass is 16.6. The number of rotatable bonds is 8. The number of esters is 2. The predicted octanol–water partition coefficient (Wildman–Crippen LogP) is 2.38. The quantitative estimate of drug-likeness (QED) is 0.416. The standard InChI is InChI=1S/C17H20O6/c1-12(2)17(19)23-10-9-22-16(18)8-6-13-5-7-14(20-3)15(11-13)21-4/h5-8,11H,1,9-10H2,2-4H3/b8-6+. The normalized spacial score (nSPS) is 10.2. The molecular weight excluding hydrogens is 300 g/mol. The summed E-state index contributed by atoms with van der Waals surface area (Å²) in [6.07, 6.45) is 2.87. The van der Waals surface area contributed by atoms with Crippen molar-refractivity contribution in [2.45, 2.75) is 6.92 Å². The fourth-order valence-electron chi connectivity index (χ4n) is 1.57. The number of methoxy groups -OCH3 is 2. The van der Waals surface area contributed by atoms with Crippen molar-refractivity contribution in [2.24, 2.45) is 0 Å². The van der Waals surface area contributed by atoms with Gasteiger partial charge in [-0.25, -0.2) is 9.59 Å². The third kappa shape index (κ3) is 6.25. The molecule has 23 heavy (non-hydrogen) atoms. The summed E-state index contributed by atoms with van der Waals surface area (Å²) < 4.78 is 20.0. The number of ether oxygens (including phenoxy) is 4. The van der Waals surface area contributed by atoms with E-state index in [1.165, 1.54) is 13.2 Å². The van der Waals surface area contributed by atoms with Crippen LogP contribution in [0, 0.1) is 0 Å². The lowest BCUT2D eigenvalue weighted by atomic mass is 10.2. The van der Waals surface area contributed by atoms with Crippen LogP contribution in [-0.2, 0) is 19.1 Å². The number of hydrogen-bond acceptors (Lipinski definition) is 6. The Balaban J connectivity index is 2.46. The third-order valence-corrected chi connectivity index (χ3v) is 2.73. The molecule has 0 saturated carbocycles. The monoisotopic (exact) mass is 320 g/mol. The van der Waals surface area contributed by atoms with Crippen LogP contribution in [0.4, 0.5) is 0 Å². The second-order valence-corrected chi connectivity index (χ2v) is 4.53. The Kier molecular flexibility index (Phi) is 7.39. The lowest BCUT2D eigenvalue weighted by molar-refractivity contribution is -0.146. The van der Waals surface area contributed by atoms with Crippen LogP contribution in [0.15, 0.2) is 36.4 Å². The summed E-state index contributed by atoms with van der Waals surface area (Å²) in [5, 5.41) is 0.